The molecule has 0 N–H and O–H groups in total. The summed E-state index contributed by atoms with van der Waals surface area (Å²) in [6.07, 6.45) is 0. The Hall–Kier alpha value is -3.81. The molecule has 0 aliphatic heterocycles. The van der Waals surface area contributed by atoms with Gasteiger partial charge in [-0.2, -0.15) is 0 Å². The van der Waals surface area contributed by atoms with Gasteiger partial charge >= 0.3 is 0 Å². The van der Waals surface area contributed by atoms with Crippen molar-refractivity contribution in [2.24, 2.45) is 0 Å². The van der Waals surface area contributed by atoms with E-state index < -0.39 is 0 Å². The highest BCUT2D eigenvalue weighted by Gasteiger charge is 2.13. The van der Waals surface area contributed by atoms with Crippen LogP contribution >= 0.6 is 11.6 Å². The van der Waals surface area contributed by atoms with Crippen LogP contribution in [0, 0.1) is 0 Å². The largest absolute Gasteiger partial charge is 0.309 e. The standard InChI is InChI=1S/C30H20ClN/c31-25-15-10-23(11-16-25)24-14-19-30-28(20-24)27-8-4-5-9-29(27)32(30)26-17-12-22(13-18-26)21-6-2-1-3-7-21/h1-20H/i4D. The highest BCUT2D eigenvalue weighted by atomic mass is 35.5. The summed E-state index contributed by atoms with van der Waals surface area (Å²) in [4.78, 5) is 0. The van der Waals surface area contributed by atoms with Gasteiger partial charge in [-0.3, -0.25) is 0 Å². The summed E-state index contributed by atoms with van der Waals surface area (Å²) < 4.78 is 10.5. The van der Waals surface area contributed by atoms with Gasteiger partial charge < -0.3 is 4.57 Å². The third-order valence-corrected chi connectivity index (χ3v) is 6.27. The third-order valence-electron chi connectivity index (χ3n) is 6.02. The molecule has 0 amide bonds. The Morgan fingerprint density at radius 2 is 1.16 bits per heavy atom. The molecule has 0 radical (unpaired) electrons. The molecule has 0 fully saturated rings. The normalized spacial score (nSPS) is 11.7. The fraction of sp³-hybridized carbons (Fsp3) is 0. The summed E-state index contributed by atoms with van der Waals surface area (Å²) in [6.45, 7) is 0. The van der Waals surface area contributed by atoms with Crippen molar-refractivity contribution in [1.29, 1.82) is 0 Å². The van der Waals surface area contributed by atoms with Gasteiger partial charge in [-0.05, 0) is 64.7 Å². The van der Waals surface area contributed by atoms with E-state index in [0.717, 1.165) is 43.6 Å². The van der Waals surface area contributed by atoms with Crippen LogP contribution in [0.4, 0.5) is 0 Å². The number of hydrogen-bond acceptors (Lipinski definition) is 0. The van der Waals surface area contributed by atoms with E-state index in [1.54, 1.807) is 0 Å². The molecule has 0 bridgehead atoms. The molecule has 1 heterocycles. The van der Waals surface area contributed by atoms with Crippen LogP contribution in [0.15, 0.2) is 121 Å². The number of hydrogen-bond donors (Lipinski definition) is 0. The highest BCUT2D eigenvalue weighted by Crippen LogP contribution is 2.35. The lowest BCUT2D eigenvalue weighted by atomic mass is 10.0. The average Bonchev–Trinajstić information content (AvgIpc) is 3.18. The fourth-order valence-electron chi connectivity index (χ4n) is 4.44. The Morgan fingerprint density at radius 1 is 0.531 bits per heavy atom. The Morgan fingerprint density at radius 3 is 1.94 bits per heavy atom. The molecule has 0 saturated carbocycles. The molecular formula is C30H20ClN. The zero-order valence-corrected chi connectivity index (χ0v) is 18.1. The lowest BCUT2D eigenvalue weighted by Gasteiger charge is -2.10. The van der Waals surface area contributed by atoms with E-state index in [1.807, 2.05) is 48.5 Å². The van der Waals surface area contributed by atoms with Crippen molar-refractivity contribution in [3.05, 3.63) is 126 Å². The molecule has 0 spiro atoms. The van der Waals surface area contributed by atoms with Crippen LogP contribution in [0.25, 0.3) is 49.7 Å². The molecule has 1 aromatic heterocycles. The van der Waals surface area contributed by atoms with E-state index in [2.05, 4.69) is 71.3 Å². The molecule has 32 heavy (non-hydrogen) atoms. The predicted octanol–water partition coefficient (Wildman–Crippen LogP) is 8.77. The van der Waals surface area contributed by atoms with Crippen LogP contribution in [-0.4, -0.2) is 4.57 Å². The second-order valence-electron chi connectivity index (χ2n) is 7.93. The maximum Gasteiger partial charge on any atom is 0.0623 e. The van der Waals surface area contributed by atoms with Gasteiger partial charge in [-0.25, -0.2) is 0 Å². The van der Waals surface area contributed by atoms with E-state index in [1.165, 1.54) is 11.1 Å². The first-order valence-electron chi connectivity index (χ1n) is 11.1. The van der Waals surface area contributed by atoms with Crippen LogP contribution in [-0.2, 0) is 0 Å². The maximum absolute atomic E-state index is 8.21. The molecule has 0 atom stereocenters. The molecule has 152 valence electrons. The fourth-order valence-corrected chi connectivity index (χ4v) is 4.57. The minimum Gasteiger partial charge on any atom is -0.309 e. The van der Waals surface area contributed by atoms with Crippen molar-refractivity contribution >= 4 is 33.4 Å². The monoisotopic (exact) mass is 430 g/mol. The van der Waals surface area contributed by atoms with Crippen molar-refractivity contribution < 1.29 is 1.37 Å². The van der Waals surface area contributed by atoms with Crippen molar-refractivity contribution in [3.8, 4) is 27.9 Å². The van der Waals surface area contributed by atoms with Gasteiger partial charge in [0.05, 0.1) is 12.4 Å². The number of benzene rings is 5. The average molecular weight is 431 g/mol. The van der Waals surface area contributed by atoms with Crippen molar-refractivity contribution in [2.75, 3.05) is 0 Å². The van der Waals surface area contributed by atoms with Crippen LogP contribution in [0.5, 0.6) is 0 Å². The van der Waals surface area contributed by atoms with Crippen molar-refractivity contribution in [3.63, 3.8) is 0 Å². The predicted molar refractivity (Wildman–Crippen MR) is 137 cm³/mol. The number of halogens is 1. The Bertz CT molecular complexity index is 1600. The molecule has 6 rings (SSSR count). The van der Waals surface area contributed by atoms with E-state index in [9.17, 15) is 0 Å². The van der Waals surface area contributed by atoms with Gasteiger partial charge in [-0.15, -0.1) is 0 Å². The van der Waals surface area contributed by atoms with Crippen LogP contribution < -0.4 is 0 Å². The topological polar surface area (TPSA) is 4.93 Å². The smallest absolute Gasteiger partial charge is 0.0623 e. The van der Waals surface area contributed by atoms with Gasteiger partial charge in [0.15, 0.2) is 0 Å². The molecule has 5 aromatic carbocycles. The molecule has 0 aliphatic rings. The van der Waals surface area contributed by atoms with Crippen molar-refractivity contribution in [2.45, 2.75) is 0 Å². The molecule has 2 heteroatoms. The molecule has 1 nitrogen and oxygen atoms in total. The van der Waals surface area contributed by atoms with Crippen LogP contribution in [0.1, 0.15) is 1.37 Å². The van der Waals surface area contributed by atoms with Gasteiger partial charge in [0, 0.05) is 21.5 Å². The summed E-state index contributed by atoms with van der Waals surface area (Å²) in [5, 5.41) is 2.95. The zero-order valence-electron chi connectivity index (χ0n) is 18.3. The first-order chi connectivity index (χ1) is 16.2. The summed E-state index contributed by atoms with van der Waals surface area (Å²) >= 11 is 6.09. The van der Waals surface area contributed by atoms with E-state index in [0.29, 0.717) is 6.04 Å². The molecule has 0 aliphatic carbocycles. The highest BCUT2D eigenvalue weighted by molar-refractivity contribution is 6.30. The molecule has 0 unspecified atom stereocenters. The second kappa shape index (κ2) is 7.71. The third kappa shape index (κ3) is 3.19. The van der Waals surface area contributed by atoms with E-state index in [4.69, 9.17) is 13.0 Å². The van der Waals surface area contributed by atoms with Gasteiger partial charge in [-0.1, -0.05) is 90.4 Å². The number of rotatable bonds is 3. The lowest BCUT2D eigenvalue weighted by Crippen LogP contribution is -1.93. The second-order valence-corrected chi connectivity index (χ2v) is 8.37. The first-order valence-corrected chi connectivity index (χ1v) is 11.0. The quantitative estimate of drug-likeness (QED) is 0.264. The summed E-state index contributed by atoms with van der Waals surface area (Å²) in [5.74, 6) is 0. The zero-order chi connectivity index (χ0) is 22.4. The minimum atomic E-state index is 0.512. The first kappa shape index (κ1) is 17.8. The van der Waals surface area contributed by atoms with E-state index >= 15 is 0 Å². The minimum absolute atomic E-state index is 0.512. The van der Waals surface area contributed by atoms with Crippen LogP contribution in [0.3, 0.4) is 0 Å². The van der Waals surface area contributed by atoms with E-state index in [-0.39, 0.29) is 0 Å². The molecule has 0 saturated heterocycles. The number of para-hydroxylation sites is 1. The van der Waals surface area contributed by atoms with Gasteiger partial charge in [0.2, 0.25) is 0 Å². The molecule has 6 aromatic rings. The lowest BCUT2D eigenvalue weighted by molar-refractivity contribution is 1.18. The number of aromatic nitrogens is 1. The summed E-state index contributed by atoms with van der Waals surface area (Å²) in [5.41, 5.74) is 7.98. The Balaban J connectivity index is 1.55. The molecular weight excluding hydrogens is 410 g/mol. The maximum atomic E-state index is 8.21. The Labute approximate surface area is 193 Å². The summed E-state index contributed by atoms with van der Waals surface area (Å²) in [7, 11) is 0. The van der Waals surface area contributed by atoms with Gasteiger partial charge in [0.1, 0.15) is 0 Å². The number of fused-ring (bicyclic) bond motifs is 3. The number of nitrogens with zero attached hydrogens (tertiary/aromatic N) is 1. The van der Waals surface area contributed by atoms with Crippen molar-refractivity contribution in [1.82, 2.24) is 4.57 Å². The summed E-state index contributed by atoms with van der Waals surface area (Å²) in [6, 6.07) is 39.9. The SMILES string of the molecule is [2H]c1ccc2c(c1)c1cc(-c3ccc(Cl)cc3)ccc1n2-c1ccc(-c2ccccc2)cc1. The van der Waals surface area contributed by atoms with Gasteiger partial charge in [0.25, 0.3) is 0 Å². The Kier molecular flexibility index (Phi) is 4.29. The van der Waals surface area contributed by atoms with Crippen LogP contribution in [0.2, 0.25) is 5.02 Å².